The average molecular weight is 334 g/mol. The van der Waals surface area contributed by atoms with Crippen molar-refractivity contribution in [3.8, 4) is 0 Å². The summed E-state index contributed by atoms with van der Waals surface area (Å²) in [6.07, 6.45) is 3.28. The lowest BCUT2D eigenvalue weighted by Crippen LogP contribution is -2.32. The first-order valence-corrected chi connectivity index (χ1v) is 8.46. The molecule has 0 bridgehead atoms. The maximum atomic E-state index is 11.2. The minimum absolute atomic E-state index is 0.0474. The van der Waals surface area contributed by atoms with Crippen LogP contribution >= 0.6 is 23.2 Å². The number of hydrogen-bond acceptors (Lipinski definition) is 4. The molecule has 20 heavy (non-hydrogen) atoms. The van der Waals surface area contributed by atoms with Crippen LogP contribution in [0.2, 0.25) is 10.0 Å². The number of carbonyl (C=O) groups excluding carboxylic acids is 1. The second-order valence-electron chi connectivity index (χ2n) is 4.44. The smallest absolute Gasteiger partial charge is 0.246 e. The Morgan fingerprint density at radius 3 is 2.60 bits per heavy atom. The summed E-state index contributed by atoms with van der Waals surface area (Å²) in [5.41, 5.74) is 1.64. The van der Waals surface area contributed by atoms with Gasteiger partial charge in [0.25, 0.3) is 0 Å². The number of nitrogens with zero attached hydrogens (tertiary/aromatic N) is 2. The lowest BCUT2D eigenvalue weighted by Gasteiger charge is -2.23. The molecule has 0 aliphatic carbocycles. The van der Waals surface area contributed by atoms with Crippen LogP contribution in [0, 0.1) is 0 Å². The van der Waals surface area contributed by atoms with Crippen LogP contribution < -0.4 is 5.32 Å². The average Bonchev–Trinajstić information content (AvgIpc) is 2.70. The summed E-state index contributed by atoms with van der Waals surface area (Å²) in [5.74, 6) is 0.546. The van der Waals surface area contributed by atoms with Crippen LogP contribution in [-0.2, 0) is 22.1 Å². The fourth-order valence-electron chi connectivity index (χ4n) is 1.86. The molecule has 1 aromatic carbocycles. The van der Waals surface area contributed by atoms with Crippen LogP contribution in [0.4, 0.5) is 5.69 Å². The van der Waals surface area contributed by atoms with E-state index in [2.05, 4.69) is 10.3 Å². The number of nitrogens with one attached hydrogen (secondary N) is 1. The van der Waals surface area contributed by atoms with Crippen molar-refractivity contribution >= 4 is 51.6 Å². The van der Waals surface area contributed by atoms with Gasteiger partial charge in [-0.05, 0) is 12.1 Å². The number of rotatable bonds is 0. The lowest BCUT2D eigenvalue weighted by molar-refractivity contribution is -0.118. The predicted molar refractivity (Wildman–Crippen MR) is 82.1 cm³/mol. The van der Waals surface area contributed by atoms with Gasteiger partial charge in [0, 0.05) is 28.9 Å². The Kier molecular flexibility index (Phi) is 4.67. The molecular formula is C12H13Cl2N3O2S. The van der Waals surface area contributed by atoms with Gasteiger partial charge in [-0.25, -0.2) is 4.99 Å². The molecule has 1 N–H and O–H groups in total. The van der Waals surface area contributed by atoms with E-state index in [9.17, 15) is 9.00 Å². The molecule has 2 heterocycles. The van der Waals surface area contributed by atoms with E-state index in [1.165, 1.54) is 0 Å². The monoisotopic (exact) mass is 333 g/mol. The minimum atomic E-state index is -0.611. The number of aliphatic imine (C=N–C) groups is 1. The van der Waals surface area contributed by atoms with Gasteiger partial charge < -0.3 is 4.90 Å². The number of carbonyl (C=O) groups is 1. The normalized spacial score (nSPS) is 15.9. The van der Waals surface area contributed by atoms with Crippen molar-refractivity contribution in [3.63, 3.8) is 0 Å². The standard InChI is InChI=1S/C10H7Cl2N3O.C2H6OS/c11-6-1-2-7-5(9(6)12)3-15-4-8(16)14-10(15)13-7;1-4(2)3/h1-2H,3-4H2,(H,13,14,16);1-2H3. The first kappa shape index (κ1) is 15.3. The Hall–Kier alpha value is -1.11. The van der Waals surface area contributed by atoms with Gasteiger partial charge in [0.15, 0.2) is 0 Å². The molecule has 2 aliphatic heterocycles. The molecule has 8 heteroatoms. The maximum Gasteiger partial charge on any atom is 0.246 e. The van der Waals surface area contributed by atoms with Crippen LogP contribution in [0.15, 0.2) is 17.1 Å². The van der Waals surface area contributed by atoms with Crippen LogP contribution in [0.1, 0.15) is 5.56 Å². The molecule has 0 saturated carbocycles. The highest BCUT2D eigenvalue weighted by Crippen LogP contribution is 2.36. The van der Waals surface area contributed by atoms with Crippen LogP contribution in [0.3, 0.4) is 0 Å². The molecule has 0 atom stereocenters. The molecule has 0 aromatic heterocycles. The first-order chi connectivity index (χ1) is 9.38. The SMILES string of the molecule is CS(C)=O.O=C1CN2Cc3c(ccc(Cl)c3Cl)N=C2N1. The maximum absolute atomic E-state index is 11.2. The zero-order chi connectivity index (χ0) is 14.9. The van der Waals surface area contributed by atoms with Gasteiger partial charge in [-0.2, -0.15) is 0 Å². The molecule has 5 nitrogen and oxygen atoms in total. The van der Waals surface area contributed by atoms with E-state index >= 15 is 0 Å². The van der Waals surface area contributed by atoms with Gasteiger partial charge >= 0.3 is 0 Å². The summed E-state index contributed by atoms with van der Waals surface area (Å²) in [5, 5.41) is 3.72. The molecule has 1 fully saturated rings. The summed E-state index contributed by atoms with van der Waals surface area (Å²) >= 11 is 12.0. The number of guanidine groups is 1. The van der Waals surface area contributed by atoms with Gasteiger partial charge in [-0.1, -0.05) is 23.2 Å². The van der Waals surface area contributed by atoms with Crippen molar-refractivity contribution in [1.29, 1.82) is 0 Å². The van der Waals surface area contributed by atoms with E-state index < -0.39 is 10.8 Å². The third-order valence-electron chi connectivity index (χ3n) is 2.63. The predicted octanol–water partition coefficient (Wildman–Crippen LogP) is 1.92. The van der Waals surface area contributed by atoms with Crippen molar-refractivity contribution in [2.45, 2.75) is 6.54 Å². The summed E-state index contributed by atoms with van der Waals surface area (Å²) in [6, 6.07) is 3.51. The number of benzene rings is 1. The highest BCUT2D eigenvalue weighted by molar-refractivity contribution is 7.83. The molecule has 3 rings (SSSR count). The highest BCUT2D eigenvalue weighted by Gasteiger charge is 2.30. The van der Waals surface area contributed by atoms with E-state index in [1.54, 1.807) is 24.6 Å². The Bertz CT molecular complexity index is 615. The molecule has 1 saturated heterocycles. The van der Waals surface area contributed by atoms with E-state index in [1.807, 2.05) is 4.90 Å². The minimum Gasteiger partial charge on any atom is -0.329 e. The van der Waals surface area contributed by atoms with Crippen LogP contribution in [0.25, 0.3) is 0 Å². The first-order valence-electron chi connectivity index (χ1n) is 5.74. The number of hydrogen-bond donors (Lipinski definition) is 1. The van der Waals surface area contributed by atoms with E-state index in [-0.39, 0.29) is 5.91 Å². The van der Waals surface area contributed by atoms with E-state index in [4.69, 9.17) is 23.2 Å². The molecule has 0 radical (unpaired) electrons. The Balaban J connectivity index is 0.000000328. The Labute approximate surface area is 129 Å². The third-order valence-corrected chi connectivity index (χ3v) is 3.48. The van der Waals surface area contributed by atoms with Gasteiger partial charge in [-0.15, -0.1) is 0 Å². The van der Waals surface area contributed by atoms with Gasteiger partial charge in [0.2, 0.25) is 11.9 Å². The molecule has 1 amide bonds. The Morgan fingerprint density at radius 1 is 1.30 bits per heavy atom. The molecule has 108 valence electrons. The number of halogens is 2. The van der Waals surface area contributed by atoms with E-state index in [0.717, 1.165) is 11.3 Å². The van der Waals surface area contributed by atoms with Crippen molar-refractivity contribution in [1.82, 2.24) is 10.2 Å². The largest absolute Gasteiger partial charge is 0.329 e. The van der Waals surface area contributed by atoms with Crippen LogP contribution in [0.5, 0.6) is 0 Å². The van der Waals surface area contributed by atoms with Gasteiger partial charge in [0.1, 0.15) is 6.54 Å². The van der Waals surface area contributed by atoms with Crippen molar-refractivity contribution in [3.05, 3.63) is 27.7 Å². The second-order valence-corrected chi connectivity index (χ2v) is 6.71. The summed E-state index contributed by atoms with van der Waals surface area (Å²) in [6.45, 7) is 0.882. The summed E-state index contributed by atoms with van der Waals surface area (Å²) in [7, 11) is -0.611. The second kappa shape index (κ2) is 6.11. The fourth-order valence-corrected chi connectivity index (χ4v) is 2.26. The molecule has 1 aromatic rings. The third kappa shape index (κ3) is 3.31. The van der Waals surface area contributed by atoms with E-state index in [0.29, 0.717) is 29.1 Å². The highest BCUT2D eigenvalue weighted by atomic mass is 35.5. The number of fused-ring (bicyclic) bond motifs is 2. The zero-order valence-corrected chi connectivity index (χ0v) is 13.3. The van der Waals surface area contributed by atoms with Gasteiger partial charge in [0.05, 0.1) is 22.3 Å². The van der Waals surface area contributed by atoms with Crippen molar-refractivity contribution in [2.24, 2.45) is 4.99 Å². The van der Waals surface area contributed by atoms with Crippen molar-refractivity contribution in [2.75, 3.05) is 19.1 Å². The number of amides is 1. The summed E-state index contributed by atoms with van der Waals surface area (Å²) < 4.78 is 9.56. The molecule has 0 unspecified atom stereocenters. The zero-order valence-electron chi connectivity index (χ0n) is 10.9. The molecular weight excluding hydrogens is 321 g/mol. The quantitative estimate of drug-likeness (QED) is 0.789. The molecule has 0 spiro atoms. The lowest BCUT2D eigenvalue weighted by atomic mass is 10.1. The van der Waals surface area contributed by atoms with Crippen molar-refractivity contribution < 1.29 is 9.00 Å². The Morgan fingerprint density at radius 2 is 1.95 bits per heavy atom. The fraction of sp³-hybridized carbons (Fsp3) is 0.333. The topological polar surface area (TPSA) is 61.8 Å². The van der Waals surface area contributed by atoms with Gasteiger partial charge in [-0.3, -0.25) is 14.3 Å². The molecule has 2 aliphatic rings. The summed E-state index contributed by atoms with van der Waals surface area (Å²) in [4.78, 5) is 17.4. The van der Waals surface area contributed by atoms with Crippen LogP contribution in [-0.4, -0.2) is 40.0 Å².